The van der Waals surface area contributed by atoms with Crippen LogP contribution in [0.25, 0.3) is 0 Å². The molecule has 0 fully saturated rings. The summed E-state index contributed by atoms with van der Waals surface area (Å²) in [6, 6.07) is 10.1. The van der Waals surface area contributed by atoms with Gasteiger partial charge in [0.2, 0.25) is 0 Å². The molecule has 0 unspecified atom stereocenters. The van der Waals surface area contributed by atoms with Crippen molar-refractivity contribution in [1.29, 1.82) is 0 Å². The highest BCUT2D eigenvalue weighted by atomic mass is 127. The van der Waals surface area contributed by atoms with E-state index in [9.17, 15) is 13.2 Å². The summed E-state index contributed by atoms with van der Waals surface area (Å²) in [5.74, 6) is 6.67. The van der Waals surface area contributed by atoms with E-state index < -0.39 is 11.7 Å². The van der Waals surface area contributed by atoms with Crippen molar-refractivity contribution in [2.24, 2.45) is 10.7 Å². The molecule has 5 nitrogen and oxygen atoms in total. The molecule has 0 heterocycles. The maximum atomic E-state index is 12.7. The van der Waals surface area contributed by atoms with Crippen molar-refractivity contribution in [3.63, 3.8) is 0 Å². The van der Waals surface area contributed by atoms with E-state index in [-0.39, 0.29) is 42.0 Å². The van der Waals surface area contributed by atoms with Gasteiger partial charge >= 0.3 is 6.18 Å². The Morgan fingerprint density at radius 3 is 2.50 bits per heavy atom. The number of nitrogens with zero attached hydrogens (tertiary/aromatic N) is 1. The molecule has 0 saturated carbocycles. The molecule has 2 aromatic rings. The first-order valence-electron chi connectivity index (χ1n) is 8.96. The van der Waals surface area contributed by atoms with E-state index in [1.165, 1.54) is 12.1 Å². The van der Waals surface area contributed by atoms with Crippen LogP contribution in [0.15, 0.2) is 47.5 Å². The molecule has 0 aromatic heterocycles. The molecular weight excluding hydrogens is 510 g/mol. The minimum absolute atomic E-state index is 0. The number of rotatable bonds is 6. The van der Waals surface area contributed by atoms with Gasteiger partial charge in [-0.05, 0) is 44.2 Å². The van der Waals surface area contributed by atoms with Crippen molar-refractivity contribution in [2.75, 3.05) is 25.1 Å². The second-order valence-corrected chi connectivity index (χ2v) is 5.73. The fraction of sp³-hybridized carbons (Fsp3) is 0.286. The van der Waals surface area contributed by atoms with Gasteiger partial charge in [-0.25, -0.2) is 4.99 Å². The van der Waals surface area contributed by atoms with Crippen LogP contribution in [-0.2, 0) is 6.18 Å². The predicted octanol–water partition coefficient (Wildman–Crippen LogP) is 4.90. The first-order valence-corrected chi connectivity index (χ1v) is 8.96. The molecule has 9 heteroatoms. The van der Waals surface area contributed by atoms with Gasteiger partial charge in [0.05, 0.1) is 24.5 Å². The zero-order valence-corrected chi connectivity index (χ0v) is 18.9. The van der Waals surface area contributed by atoms with Crippen LogP contribution in [0.5, 0.6) is 11.5 Å². The Kier molecular flexibility index (Phi) is 10.3. The number of benzene rings is 2. The molecule has 0 bridgehead atoms. The van der Waals surface area contributed by atoms with Crippen molar-refractivity contribution >= 4 is 35.6 Å². The molecule has 0 atom stereocenters. The summed E-state index contributed by atoms with van der Waals surface area (Å²) in [6.45, 7) is 4.75. The molecule has 162 valence electrons. The number of hydrogen-bond acceptors (Lipinski definition) is 3. The number of nitrogens with two attached hydrogens (primary N) is 1. The van der Waals surface area contributed by atoms with Crippen LogP contribution in [0.4, 0.5) is 18.9 Å². The van der Waals surface area contributed by atoms with E-state index in [1.807, 2.05) is 13.8 Å². The van der Waals surface area contributed by atoms with E-state index >= 15 is 0 Å². The number of ether oxygens (including phenoxy) is 2. The summed E-state index contributed by atoms with van der Waals surface area (Å²) in [7, 11) is 0. The molecule has 0 radical (unpaired) electrons. The summed E-state index contributed by atoms with van der Waals surface area (Å²) in [6.07, 6.45) is -4.40. The molecule has 0 saturated heterocycles. The molecule has 30 heavy (non-hydrogen) atoms. The molecule has 0 spiro atoms. The van der Waals surface area contributed by atoms with Crippen molar-refractivity contribution < 1.29 is 22.6 Å². The third-order valence-electron chi connectivity index (χ3n) is 3.58. The van der Waals surface area contributed by atoms with E-state index in [1.54, 1.807) is 18.2 Å². The fourth-order valence-corrected chi connectivity index (χ4v) is 2.36. The third-order valence-corrected chi connectivity index (χ3v) is 3.58. The zero-order chi connectivity index (χ0) is 21.3. The maximum Gasteiger partial charge on any atom is 0.416 e. The van der Waals surface area contributed by atoms with Gasteiger partial charge in [-0.2, -0.15) is 13.2 Å². The first-order chi connectivity index (χ1) is 13.8. The highest BCUT2D eigenvalue weighted by Crippen LogP contribution is 2.30. The van der Waals surface area contributed by atoms with Crippen molar-refractivity contribution in [2.45, 2.75) is 20.0 Å². The Hall–Kier alpha value is -2.61. The van der Waals surface area contributed by atoms with E-state index in [2.05, 4.69) is 22.2 Å². The normalized spacial score (nSPS) is 11.0. The second kappa shape index (κ2) is 12.2. The lowest BCUT2D eigenvalue weighted by Crippen LogP contribution is -2.23. The van der Waals surface area contributed by atoms with Crippen LogP contribution in [0, 0.1) is 11.8 Å². The van der Waals surface area contributed by atoms with Crippen LogP contribution in [0.2, 0.25) is 0 Å². The van der Waals surface area contributed by atoms with Crippen LogP contribution in [0.3, 0.4) is 0 Å². The van der Waals surface area contributed by atoms with Gasteiger partial charge in [-0.3, -0.25) is 0 Å². The zero-order valence-electron chi connectivity index (χ0n) is 16.5. The van der Waals surface area contributed by atoms with Crippen LogP contribution < -0.4 is 20.5 Å². The van der Waals surface area contributed by atoms with Crippen molar-refractivity contribution in [3.05, 3.63) is 53.6 Å². The topological polar surface area (TPSA) is 68.9 Å². The molecular formula is C21H23F3IN3O2. The summed E-state index contributed by atoms with van der Waals surface area (Å²) < 4.78 is 49.2. The number of nitrogens with one attached hydrogen (secondary N) is 1. The number of hydrogen-bond donors (Lipinski definition) is 2. The van der Waals surface area contributed by atoms with E-state index in [0.717, 1.165) is 12.1 Å². The summed E-state index contributed by atoms with van der Waals surface area (Å²) >= 11 is 0. The molecule has 2 rings (SSSR count). The standard InChI is InChI=1S/C21H22F3N3O2.HI/c1-3-28-17-10-11-19(29-4-2)18(14-17)27-20(25)26-12-6-8-15-7-5-9-16(13-15)21(22,23)24;/h5,7,9-11,13-14H,3-4,12H2,1-2H3,(H3,25,26,27);1H. The lowest BCUT2D eigenvalue weighted by atomic mass is 10.1. The number of halogens is 4. The van der Waals surface area contributed by atoms with Crippen molar-refractivity contribution in [3.8, 4) is 23.3 Å². The maximum absolute atomic E-state index is 12.7. The van der Waals surface area contributed by atoms with Crippen LogP contribution >= 0.6 is 24.0 Å². The smallest absolute Gasteiger partial charge is 0.416 e. The lowest BCUT2D eigenvalue weighted by molar-refractivity contribution is -0.137. The molecule has 2 aromatic carbocycles. The van der Waals surface area contributed by atoms with Crippen LogP contribution in [-0.4, -0.2) is 25.7 Å². The molecule has 0 aliphatic rings. The average Bonchev–Trinajstić information content (AvgIpc) is 2.67. The third kappa shape index (κ3) is 8.02. The Morgan fingerprint density at radius 1 is 1.10 bits per heavy atom. The number of aliphatic imine (C=N–C) groups is 1. The van der Waals surface area contributed by atoms with E-state index in [4.69, 9.17) is 15.2 Å². The molecule has 0 aliphatic carbocycles. The summed E-state index contributed by atoms with van der Waals surface area (Å²) in [5, 5.41) is 2.93. The highest BCUT2D eigenvalue weighted by molar-refractivity contribution is 14.0. The predicted molar refractivity (Wildman–Crippen MR) is 123 cm³/mol. The molecule has 3 N–H and O–H groups in total. The SMILES string of the molecule is CCOc1ccc(OCC)c(NC(N)=NCC#Cc2cccc(C(F)(F)F)c2)c1.I. The Bertz CT molecular complexity index is 922. The van der Waals surface area contributed by atoms with Gasteiger partial charge in [0.25, 0.3) is 0 Å². The largest absolute Gasteiger partial charge is 0.494 e. The quantitative estimate of drug-likeness (QED) is 0.240. The number of alkyl halides is 3. The van der Waals surface area contributed by atoms with E-state index in [0.29, 0.717) is 30.4 Å². The second-order valence-electron chi connectivity index (χ2n) is 5.73. The number of guanidine groups is 1. The van der Waals surface area contributed by atoms with Gasteiger partial charge < -0.3 is 20.5 Å². The van der Waals surface area contributed by atoms with Gasteiger partial charge in [0.15, 0.2) is 5.96 Å². The molecule has 0 aliphatic heterocycles. The van der Waals surface area contributed by atoms with Gasteiger partial charge in [-0.1, -0.05) is 17.9 Å². The van der Waals surface area contributed by atoms with Gasteiger partial charge in [0.1, 0.15) is 18.0 Å². The lowest BCUT2D eigenvalue weighted by Gasteiger charge is -2.13. The fourth-order valence-electron chi connectivity index (χ4n) is 2.36. The first kappa shape index (κ1) is 25.4. The Labute approximate surface area is 190 Å². The van der Waals surface area contributed by atoms with Crippen LogP contribution in [0.1, 0.15) is 25.0 Å². The summed E-state index contributed by atoms with van der Waals surface area (Å²) in [4.78, 5) is 4.07. The molecule has 0 amide bonds. The average molecular weight is 533 g/mol. The van der Waals surface area contributed by atoms with Gasteiger partial charge in [0, 0.05) is 11.6 Å². The highest BCUT2D eigenvalue weighted by Gasteiger charge is 2.30. The Balaban J connectivity index is 0.00000450. The Morgan fingerprint density at radius 2 is 1.83 bits per heavy atom. The minimum Gasteiger partial charge on any atom is -0.494 e. The monoisotopic (exact) mass is 533 g/mol. The number of anilines is 1. The summed E-state index contributed by atoms with van der Waals surface area (Å²) in [5.41, 5.74) is 5.98. The van der Waals surface area contributed by atoms with Crippen molar-refractivity contribution in [1.82, 2.24) is 0 Å². The minimum atomic E-state index is -4.40. The van der Waals surface area contributed by atoms with Gasteiger partial charge in [-0.15, -0.1) is 24.0 Å².